The standard InChI is InChI=1S/C25H21N3O4/c1-17-18(14-19(15-27-17)28(30)31)8-6-7-13-26-25(29)32-16-24-22-11-4-2-9-20(22)21-10-3-5-12-23(21)24/h2-5,9-12,14-15,24H,7,13,16H2,1H3,(H,26,29). The highest BCUT2D eigenvalue weighted by Crippen LogP contribution is 2.44. The summed E-state index contributed by atoms with van der Waals surface area (Å²) in [6, 6.07) is 17.7. The number of nitrogens with one attached hydrogen (secondary N) is 1. The van der Waals surface area contributed by atoms with Gasteiger partial charge in [0.2, 0.25) is 0 Å². The fourth-order valence-electron chi connectivity index (χ4n) is 3.78. The van der Waals surface area contributed by atoms with Gasteiger partial charge in [-0.25, -0.2) is 4.79 Å². The number of hydrogen-bond donors (Lipinski definition) is 1. The average Bonchev–Trinajstić information content (AvgIpc) is 3.12. The summed E-state index contributed by atoms with van der Waals surface area (Å²) in [5.74, 6) is 5.79. The number of hydrogen-bond acceptors (Lipinski definition) is 5. The first-order chi connectivity index (χ1) is 15.5. The number of ether oxygens (including phenoxy) is 1. The summed E-state index contributed by atoms with van der Waals surface area (Å²) in [7, 11) is 0. The predicted molar refractivity (Wildman–Crippen MR) is 120 cm³/mol. The van der Waals surface area contributed by atoms with Crippen molar-refractivity contribution in [1.82, 2.24) is 10.3 Å². The van der Waals surface area contributed by atoms with Gasteiger partial charge >= 0.3 is 6.09 Å². The molecular weight excluding hydrogens is 406 g/mol. The van der Waals surface area contributed by atoms with Gasteiger partial charge in [-0.2, -0.15) is 0 Å². The Kier molecular flexibility index (Phi) is 6.13. The molecule has 0 saturated carbocycles. The molecule has 7 nitrogen and oxygen atoms in total. The molecule has 0 saturated heterocycles. The van der Waals surface area contributed by atoms with E-state index in [1.54, 1.807) is 6.92 Å². The summed E-state index contributed by atoms with van der Waals surface area (Å²) in [4.78, 5) is 26.5. The van der Waals surface area contributed by atoms with Crippen molar-refractivity contribution in [3.8, 4) is 23.0 Å². The highest BCUT2D eigenvalue weighted by Gasteiger charge is 2.28. The van der Waals surface area contributed by atoms with Gasteiger partial charge in [-0.1, -0.05) is 60.4 Å². The van der Waals surface area contributed by atoms with Gasteiger partial charge in [0.05, 0.1) is 16.2 Å². The number of nitrogens with zero attached hydrogens (tertiary/aromatic N) is 2. The molecule has 1 heterocycles. The third kappa shape index (κ3) is 4.44. The fourth-order valence-corrected chi connectivity index (χ4v) is 3.78. The van der Waals surface area contributed by atoms with Crippen LogP contribution in [0.2, 0.25) is 0 Å². The lowest BCUT2D eigenvalue weighted by molar-refractivity contribution is -0.385. The van der Waals surface area contributed by atoms with Crippen molar-refractivity contribution in [2.24, 2.45) is 0 Å². The van der Waals surface area contributed by atoms with E-state index in [1.807, 2.05) is 24.3 Å². The van der Waals surface area contributed by atoms with Crippen molar-refractivity contribution in [2.45, 2.75) is 19.3 Å². The van der Waals surface area contributed by atoms with E-state index in [1.165, 1.54) is 23.4 Å². The second-order valence-electron chi connectivity index (χ2n) is 7.39. The Hall–Kier alpha value is -4.18. The molecule has 1 aliphatic carbocycles. The molecule has 1 aromatic heterocycles. The lowest BCUT2D eigenvalue weighted by Gasteiger charge is -2.14. The molecule has 1 amide bonds. The quantitative estimate of drug-likeness (QED) is 0.278. The molecule has 0 spiro atoms. The van der Waals surface area contributed by atoms with E-state index in [4.69, 9.17) is 4.74 Å². The third-order valence-electron chi connectivity index (χ3n) is 5.37. The van der Waals surface area contributed by atoms with Crippen LogP contribution < -0.4 is 5.32 Å². The van der Waals surface area contributed by atoms with Gasteiger partial charge in [0, 0.05) is 24.9 Å². The number of rotatable bonds is 5. The van der Waals surface area contributed by atoms with Crippen LogP contribution in [-0.2, 0) is 4.74 Å². The largest absolute Gasteiger partial charge is 0.449 e. The summed E-state index contributed by atoms with van der Waals surface area (Å²) in [6.07, 6.45) is 1.09. The number of benzene rings is 2. The molecule has 0 radical (unpaired) electrons. The summed E-state index contributed by atoms with van der Waals surface area (Å²) in [5, 5.41) is 13.6. The summed E-state index contributed by atoms with van der Waals surface area (Å²) in [5.41, 5.74) is 5.70. The van der Waals surface area contributed by atoms with E-state index in [9.17, 15) is 14.9 Å². The van der Waals surface area contributed by atoms with Crippen LogP contribution in [0.25, 0.3) is 11.1 Å². The minimum atomic E-state index is -0.504. The van der Waals surface area contributed by atoms with E-state index in [2.05, 4.69) is 46.4 Å². The topological polar surface area (TPSA) is 94.4 Å². The number of pyridine rings is 1. The zero-order valence-corrected chi connectivity index (χ0v) is 17.5. The van der Waals surface area contributed by atoms with E-state index < -0.39 is 11.0 Å². The Morgan fingerprint density at radius 1 is 1.16 bits per heavy atom. The first kappa shape index (κ1) is 21.1. The first-order valence-corrected chi connectivity index (χ1v) is 10.2. The van der Waals surface area contributed by atoms with Crippen LogP contribution in [-0.4, -0.2) is 29.2 Å². The van der Waals surface area contributed by atoms with Gasteiger partial charge in [-0.15, -0.1) is 0 Å². The molecule has 1 N–H and O–H groups in total. The van der Waals surface area contributed by atoms with Crippen LogP contribution in [0.4, 0.5) is 10.5 Å². The first-order valence-electron chi connectivity index (χ1n) is 10.2. The molecule has 2 aromatic carbocycles. The number of carbonyl (C=O) groups excluding carboxylic acids is 1. The molecule has 32 heavy (non-hydrogen) atoms. The van der Waals surface area contributed by atoms with Crippen LogP contribution in [0.3, 0.4) is 0 Å². The summed E-state index contributed by atoms with van der Waals surface area (Å²) < 4.78 is 5.48. The normalized spacial score (nSPS) is 11.7. The van der Waals surface area contributed by atoms with E-state index in [-0.39, 0.29) is 18.2 Å². The van der Waals surface area contributed by atoms with Gasteiger partial charge in [-0.05, 0) is 29.2 Å². The zero-order chi connectivity index (χ0) is 22.5. The van der Waals surface area contributed by atoms with Crippen molar-refractivity contribution in [2.75, 3.05) is 13.2 Å². The summed E-state index contributed by atoms with van der Waals surface area (Å²) in [6.45, 7) is 2.30. The maximum atomic E-state index is 12.2. The van der Waals surface area contributed by atoms with Gasteiger partial charge in [-0.3, -0.25) is 15.1 Å². The second-order valence-corrected chi connectivity index (χ2v) is 7.39. The van der Waals surface area contributed by atoms with Crippen LogP contribution in [0.1, 0.15) is 34.7 Å². The highest BCUT2D eigenvalue weighted by atomic mass is 16.6. The maximum Gasteiger partial charge on any atom is 0.407 e. The molecule has 0 atom stereocenters. The van der Waals surface area contributed by atoms with Crippen molar-refractivity contribution in [3.63, 3.8) is 0 Å². The number of aryl methyl sites for hydroxylation is 1. The fraction of sp³-hybridized carbons (Fsp3) is 0.200. The van der Waals surface area contributed by atoms with E-state index in [0.29, 0.717) is 24.2 Å². The number of fused-ring (bicyclic) bond motifs is 3. The van der Waals surface area contributed by atoms with E-state index >= 15 is 0 Å². The number of carbonyl (C=O) groups is 1. The number of alkyl carbamates (subject to hydrolysis) is 1. The lowest BCUT2D eigenvalue weighted by atomic mass is 9.98. The van der Waals surface area contributed by atoms with Crippen LogP contribution in [0.5, 0.6) is 0 Å². The molecule has 4 rings (SSSR count). The monoisotopic (exact) mass is 427 g/mol. The van der Waals surface area contributed by atoms with Crippen molar-refractivity contribution in [3.05, 3.63) is 93.3 Å². The molecule has 0 aliphatic heterocycles. The Balaban J connectivity index is 1.30. The molecule has 0 unspecified atom stereocenters. The predicted octanol–water partition coefficient (Wildman–Crippen LogP) is 4.58. The van der Waals surface area contributed by atoms with Crippen molar-refractivity contribution >= 4 is 11.8 Å². The number of nitro groups is 1. The average molecular weight is 427 g/mol. The highest BCUT2D eigenvalue weighted by molar-refractivity contribution is 5.79. The van der Waals surface area contributed by atoms with Crippen LogP contribution in [0, 0.1) is 28.9 Å². The van der Waals surface area contributed by atoms with Gasteiger partial charge < -0.3 is 10.1 Å². The lowest BCUT2D eigenvalue weighted by Crippen LogP contribution is -2.26. The van der Waals surface area contributed by atoms with Gasteiger partial charge in [0.25, 0.3) is 5.69 Å². The van der Waals surface area contributed by atoms with E-state index in [0.717, 1.165) is 11.1 Å². The Morgan fingerprint density at radius 2 is 1.81 bits per heavy atom. The smallest absolute Gasteiger partial charge is 0.407 e. The maximum absolute atomic E-state index is 12.2. The van der Waals surface area contributed by atoms with Crippen molar-refractivity contribution < 1.29 is 14.5 Å². The van der Waals surface area contributed by atoms with Crippen LogP contribution in [0.15, 0.2) is 60.8 Å². The molecule has 7 heteroatoms. The van der Waals surface area contributed by atoms with Gasteiger partial charge in [0.1, 0.15) is 12.8 Å². The molecule has 3 aromatic rings. The third-order valence-corrected chi connectivity index (χ3v) is 5.37. The molecule has 1 aliphatic rings. The molecule has 160 valence electrons. The molecule has 0 fully saturated rings. The second kappa shape index (κ2) is 9.31. The van der Waals surface area contributed by atoms with Gasteiger partial charge in [0.15, 0.2) is 0 Å². The molecular formula is C25H21N3O4. The number of aromatic nitrogens is 1. The minimum Gasteiger partial charge on any atom is -0.449 e. The Morgan fingerprint density at radius 3 is 2.47 bits per heavy atom. The minimum absolute atomic E-state index is 0.0114. The summed E-state index contributed by atoms with van der Waals surface area (Å²) >= 11 is 0. The zero-order valence-electron chi connectivity index (χ0n) is 17.5. The molecule has 0 bridgehead atoms. The van der Waals surface area contributed by atoms with Crippen molar-refractivity contribution in [1.29, 1.82) is 0 Å². The Bertz CT molecular complexity index is 1200. The number of amides is 1. The SMILES string of the molecule is Cc1ncc([N+](=O)[O-])cc1C#CCCNC(=O)OCC1c2ccccc2-c2ccccc21. The Labute approximate surface area is 185 Å². The van der Waals surface area contributed by atoms with Crippen LogP contribution >= 0.6 is 0 Å².